The van der Waals surface area contributed by atoms with Gasteiger partial charge in [0.05, 0.1) is 25.3 Å². The van der Waals surface area contributed by atoms with Crippen molar-refractivity contribution in [2.24, 2.45) is 0 Å². The Balaban J connectivity index is 1.53. The van der Waals surface area contributed by atoms with Gasteiger partial charge in [-0.3, -0.25) is 9.47 Å². The second-order valence-corrected chi connectivity index (χ2v) is 12.0. The largest absolute Gasteiger partial charge is 0.496 e. The predicted molar refractivity (Wildman–Crippen MR) is 164 cm³/mol. The van der Waals surface area contributed by atoms with Crippen LogP contribution in [0.25, 0.3) is 10.9 Å². The maximum absolute atomic E-state index is 13.1. The lowest BCUT2D eigenvalue weighted by molar-refractivity contribution is 0.0542. The number of hydrogen-bond acceptors (Lipinski definition) is 6. The summed E-state index contributed by atoms with van der Waals surface area (Å²) in [6.45, 7) is 9.13. The van der Waals surface area contributed by atoms with E-state index in [1.807, 2.05) is 64.1 Å². The molecule has 2 atom stereocenters. The van der Waals surface area contributed by atoms with Crippen LogP contribution in [0.4, 0.5) is 4.79 Å². The summed E-state index contributed by atoms with van der Waals surface area (Å²) in [5.74, 6) is 0.873. The highest BCUT2D eigenvalue weighted by Crippen LogP contribution is 2.42. The van der Waals surface area contributed by atoms with Gasteiger partial charge in [-0.1, -0.05) is 42.5 Å². The minimum Gasteiger partial charge on any atom is -0.496 e. The molecule has 0 aliphatic carbocycles. The summed E-state index contributed by atoms with van der Waals surface area (Å²) in [7, 11) is 3.09. The lowest BCUT2D eigenvalue weighted by Crippen LogP contribution is -2.36. The Morgan fingerprint density at radius 2 is 1.67 bits per heavy atom. The molecule has 1 aliphatic heterocycles. The molecular formula is C35H40N2O5. The summed E-state index contributed by atoms with van der Waals surface area (Å²) in [6, 6.07) is 22.6. The van der Waals surface area contributed by atoms with Crippen LogP contribution in [0.2, 0.25) is 0 Å². The summed E-state index contributed by atoms with van der Waals surface area (Å²) in [4.78, 5) is 27.7. The van der Waals surface area contributed by atoms with E-state index in [-0.39, 0.29) is 12.0 Å². The maximum atomic E-state index is 13.1. The first-order valence-electron chi connectivity index (χ1n) is 14.5. The van der Waals surface area contributed by atoms with Crippen molar-refractivity contribution >= 4 is 23.0 Å². The number of aromatic nitrogens is 1. The van der Waals surface area contributed by atoms with E-state index in [0.717, 1.165) is 52.7 Å². The van der Waals surface area contributed by atoms with E-state index in [0.29, 0.717) is 18.0 Å². The standard InChI is InChI=1S/C35H40N2O5/c1-23-20-31(40-5)29(28-17-19-37(32(23)28)34(39)42-35(2,3)4)22-36-18-16-27(24-10-8-7-9-11-24)21-30(36)25-12-14-26(15-13-25)33(38)41-6/h7-15,17,19-20,27,30H,16,18,21-22H2,1-6H3/t27?,30-/m0/s1. The molecule has 7 heteroatoms. The molecule has 0 spiro atoms. The van der Waals surface area contributed by atoms with E-state index in [1.54, 1.807) is 17.9 Å². The van der Waals surface area contributed by atoms with Gasteiger partial charge in [0.25, 0.3) is 0 Å². The van der Waals surface area contributed by atoms with Crippen molar-refractivity contribution in [1.82, 2.24) is 9.47 Å². The number of likely N-dealkylation sites (tertiary alicyclic amines) is 1. The first-order valence-corrected chi connectivity index (χ1v) is 14.5. The third kappa shape index (κ3) is 6.07. The summed E-state index contributed by atoms with van der Waals surface area (Å²) in [5.41, 5.74) is 5.24. The van der Waals surface area contributed by atoms with E-state index >= 15 is 0 Å². The molecule has 220 valence electrons. The molecule has 1 unspecified atom stereocenters. The van der Waals surface area contributed by atoms with Crippen molar-refractivity contribution in [2.45, 2.75) is 64.6 Å². The van der Waals surface area contributed by atoms with Crippen LogP contribution in [0, 0.1) is 6.92 Å². The zero-order valence-electron chi connectivity index (χ0n) is 25.3. The highest BCUT2D eigenvalue weighted by Gasteiger charge is 2.32. The molecular weight excluding hydrogens is 528 g/mol. The van der Waals surface area contributed by atoms with Gasteiger partial charge >= 0.3 is 12.1 Å². The Hall–Kier alpha value is -4.10. The van der Waals surface area contributed by atoms with Gasteiger partial charge in [0.2, 0.25) is 0 Å². The van der Waals surface area contributed by atoms with Crippen LogP contribution in [-0.2, 0) is 16.0 Å². The zero-order valence-corrected chi connectivity index (χ0v) is 25.3. The summed E-state index contributed by atoms with van der Waals surface area (Å²) >= 11 is 0. The van der Waals surface area contributed by atoms with E-state index in [1.165, 1.54) is 12.7 Å². The predicted octanol–water partition coefficient (Wildman–Crippen LogP) is 7.65. The number of aryl methyl sites for hydroxylation is 1. The maximum Gasteiger partial charge on any atom is 0.419 e. The molecule has 3 aromatic carbocycles. The van der Waals surface area contributed by atoms with Gasteiger partial charge < -0.3 is 14.2 Å². The monoisotopic (exact) mass is 568 g/mol. The molecule has 0 amide bonds. The fourth-order valence-corrected chi connectivity index (χ4v) is 6.11. The molecule has 42 heavy (non-hydrogen) atoms. The number of ether oxygens (including phenoxy) is 3. The van der Waals surface area contributed by atoms with Gasteiger partial charge in [-0.2, -0.15) is 0 Å². The minimum atomic E-state index is -0.601. The molecule has 4 aromatic rings. The van der Waals surface area contributed by atoms with Crippen LogP contribution in [0.3, 0.4) is 0 Å². The summed E-state index contributed by atoms with van der Waals surface area (Å²) in [5, 5.41) is 0.975. The third-order valence-electron chi connectivity index (χ3n) is 8.10. The molecule has 1 saturated heterocycles. The number of carbonyl (C=O) groups is 2. The average molecular weight is 569 g/mol. The van der Waals surface area contributed by atoms with Gasteiger partial charge in [-0.05, 0) is 94.0 Å². The second-order valence-electron chi connectivity index (χ2n) is 12.0. The SMILES string of the molecule is COC(=O)c1ccc([C@@H]2CC(c3ccccc3)CCN2Cc2c(OC)cc(C)c3c2ccn3C(=O)OC(C)(C)C)cc1. The van der Waals surface area contributed by atoms with E-state index in [9.17, 15) is 9.59 Å². The van der Waals surface area contributed by atoms with Crippen LogP contribution in [0.5, 0.6) is 5.75 Å². The first kappa shape index (κ1) is 29.4. The number of nitrogens with zero attached hydrogens (tertiary/aromatic N) is 2. The van der Waals surface area contributed by atoms with E-state index < -0.39 is 11.7 Å². The fourth-order valence-electron chi connectivity index (χ4n) is 6.11. The van der Waals surface area contributed by atoms with Crippen LogP contribution < -0.4 is 4.74 Å². The van der Waals surface area contributed by atoms with Gasteiger partial charge in [-0.25, -0.2) is 9.59 Å². The molecule has 0 saturated carbocycles. The Labute approximate surface area is 248 Å². The van der Waals surface area contributed by atoms with Crippen molar-refractivity contribution in [3.05, 3.63) is 101 Å². The second kappa shape index (κ2) is 12.0. The number of benzene rings is 3. The molecule has 1 aromatic heterocycles. The molecule has 2 heterocycles. The third-order valence-corrected chi connectivity index (χ3v) is 8.10. The fraction of sp³-hybridized carbons (Fsp3) is 0.371. The zero-order chi connectivity index (χ0) is 30.0. The first-order chi connectivity index (χ1) is 20.1. The van der Waals surface area contributed by atoms with Crippen LogP contribution in [-0.4, -0.2) is 47.9 Å². The van der Waals surface area contributed by atoms with Gasteiger partial charge in [0.15, 0.2) is 0 Å². The molecule has 1 aliphatic rings. The normalized spacial score (nSPS) is 17.7. The number of hydrogen-bond donors (Lipinski definition) is 0. The Bertz CT molecular complexity index is 1570. The van der Waals surface area contributed by atoms with E-state index in [4.69, 9.17) is 14.2 Å². The number of methoxy groups -OCH3 is 2. The molecule has 5 rings (SSSR count). The summed E-state index contributed by atoms with van der Waals surface area (Å²) < 4.78 is 18.1. The Kier molecular flexibility index (Phi) is 8.41. The highest BCUT2D eigenvalue weighted by molar-refractivity contribution is 5.95. The average Bonchev–Trinajstić information content (AvgIpc) is 3.44. The van der Waals surface area contributed by atoms with Crippen molar-refractivity contribution in [2.75, 3.05) is 20.8 Å². The van der Waals surface area contributed by atoms with Crippen molar-refractivity contribution in [3.8, 4) is 5.75 Å². The van der Waals surface area contributed by atoms with E-state index in [2.05, 4.69) is 35.2 Å². The van der Waals surface area contributed by atoms with Gasteiger partial charge in [0, 0.05) is 29.7 Å². The number of piperidine rings is 1. The number of rotatable bonds is 6. The molecule has 7 nitrogen and oxygen atoms in total. The van der Waals surface area contributed by atoms with Crippen molar-refractivity contribution < 1.29 is 23.8 Å². The minimum absolute atomic E-state index is 0.115. The number of fused-ring (bicyclic) bond motifs is 1. The number of esters is 1. The molecule has 0 N–H and O–H groups in total. The quantitative estimate of drug-likeness (QED) is 0.223. The smallest absolute Gasteiger partial charge is 0.419 e. The molecule has 0 radical (unpaired) electrons. The summed E-state index contributed by atoms with van der Waals surface area (Å²) in [6.07, 6.45) is 3.36. The van der Waals surface area contributed by atoms with Gasteiger partial charge in [0.1, 0.15) is 11.4 Å². The van der Waals surface area contributed by atoms with Crippen LogP contribution >= 0.6 is 0 Å². The van der Waals surface area contributed by atoms with Crippen LogP contribution in [0.15, 0.2) is 72.9 Å². The highest BCUT2D eigenvalue weighted by atomic mass is 16.6. The van der Waals surface area contributed by atoms with Crippen molar-refractivity contribution in [1.29, 1.82) is 0 Å². The topological polar surface area (TPSA) is 70.0 Å². The lowest BCUT2D eigenvalue weighted by Gasteiger charge is -2.40. The van der Waals surface area contributed by atoms with Crippen LogP contribution in [0.1, 0.15) is 78.2 Å². The molecule has 0 bridgehead atoms. The Morgan fingerprint density at radius 1 is 0.952 bits per heavy atom. The Morgan fingerprint density at radius 3 is 2.31 bits per heavy atom. The number of carbonyl (C=O) groups excluding carboxylic acids is 2. The lowest BCUT2D eigenvalue weighted by atomic mass is 9.82. The van der Waals surface area contributed by atoms with Gasteiger partial charge in [-0.15, -0.1) is 0 Å². The molecule has 1 fully saturated rings. The van der Waals surface area contributed by atoms with Crippen molar-refractivity contribution in [3.63, 3.8) is 0 Å².